The van der Waals surface area contributed by atoms with Crippen molar-refractivity contribution in [3.63, 3.8) is 0 Å². The van der Waals surface area contributed by atoms with E-state index >= 15 is 0 Å². The van der Waals surface area contributed by atoms with Crippen LogP contribution >= 0.6 is 0 Å². The quantitative estimate of drug-likeness (QED) is 0.326. The van der Waals surface area contributed by atoms with Gasteiger partial charge in [-0.05, 0) is 55.3 Å². The van der Waals surface area contributed by atoms with Crippen molar-refractivity contribution in [2.45, 2.75) is 18.8 Å². The average Bonchev–Trinajstić information content (AvgIpc) is 3.14. The highest BCUT2D eigenvalue weighted by atomic mass is 19.1. The van der Waals surface area contributed by atoms with Crippen LogP contribution in [0.5, 0.6) is 0 Å². The summed E-state index contributed by atoms with van der Waals surface area (Å²) in [6.07, 6.45) is 4.65. The molecule has 0 bridgehead atoms. The van der Waals surface area contributed by atoms with E-state index in [9.17, 15) is 9.18 Å². The number of nitrogens with two attached hydrogens (primary N) is 1. The first kappa shape index (κ1) is 20.2. The Morgan fingerprint density at radius 3 is 2.53 bits per heavy atom. The molecule has 1 aliphatic heterocycles. The van der Waals surface area contributed by atoms with Crippen LogP contribution in [0.15, 0.2) is 59.5 Å². The van der Waals surface area contributed by atoms with Gasteiger partial charge in [0.2, 0.25) is 5.56 Å². The number of ether oxygens (including phenoxy) is 1. The molecule has 5 rings (SSSR count). The van der Waals surface area contributed by atoms with Gasteiger partial charge >= 0.3 is 0 Å². The maximum absolute atomic E-state index is 13.7. The number of rotatable bonds is 4. The molecule has 0 spiro atoms. The summed E-state index contributed by atoms with van der Waals surface area (Å²) < 4.78 is 21.5. The van der Waals surface area contributed by atoms with E-state index in [1.54, 1.807) is 18.3 Å². The van der Waals surface area contributed by atoms with Crippen LogP contribution in [0.3, 0.4) is 0 Å². The third kappa shape index (κ3) is 3.40. The molecule has 4 aromatic rings. The standard InChI is InChI=1S/C25H23FN4O2/c26-18-2-4-19(5-3-18)30-22-11-17(13-27)21(28)12-20(22)24(16-1-6-23(31)29-14-16)25(30)15-7-9-32-10-8-15/h1-6,11-15,27H,7-10,28H2,(H,29,31). The number of pyridine rings is 1. The molecule has 0 saturated carbocycles. The largest absolute Gasteiger partial charge is 0.398 e. The first-order chi connectivity index (χ1) is 15.6. The second kappa shape index (κ2) is 8.09. The Morgan fingerprint density at radius 2 is 1.88 bits per heavy atom. The fraction of sp³-hybridized carbons (Fsp3) is 0.200. The smallest absolute Gasteiger partial charge is 0.247 e. The summed E-state index contributed by atoms with van der Waals surface area (Å²) in [7, 11) is 0. The van der Waals surface area contributed by atoms with Crippen molar-refractivity contribution in [3.8, 4) is 16.8 Å². The number of H-pyrrole nitrogens is 1. The molecule has 162 valence electrons. The molecule has 3 heterocycles. The van der Waals surface area contributed by atoms with Gasteiger partial charge in [-0.3, -0.25) is 4.79 Å². The van der Waals surface area contributed by atoms with Crippen molar-refractivity contribution in [2.24, 2.45) is 0 Å². The van der Waals surface area contributed by atoms with E-state index in [0.717, 1.165) is 46.3 Å². The third-order valence-corrected chi connectivity index (χ3v) is 6.13. The molecule has 7 heteroatoms. The van der Waals surface area contributed by atoms with Crippen LogP contribution in [0.25, 0.3) is 27.7 Å². The van der Waals surface area contributed by atoms with Crippen LogP contribution in [0.2, 0.25) is 0 Å². The summed E-state index contributed by atoms with van der Waals surface area (Å²) in [6.45, 7) is 1.32. The van der Waals surface area contributed by atoms with Gasteiger partial charge in [0.15, 0.2) is 0 Å². The van der Waals surface area contributed by atoms with Crippen molar-refractivity contribution < 1.29 is 9.13 Å². The average molecular weight is 430 g/mol. The summed E-state index contributed by atoms with van der Waals surface area (Å²) in [6, 6.07) is 13.5. The Kier molecular flexibility index (Phi) is 5.11. The van der Waals surface area contributed by atoms with E-state index < -0.39 is 0 Å². The van der Waals surface area contributed by atoms with Crippen LogP contribution in [-0.2, 0) is 4.74 Å². The minimum absolute atomic E-state index is 0.172. The molecule has 1 fully saturated rings. The minimum Gasteiger partial charge on any atom is -0.398 e. The van der Waals surface area contributed by atoms with Crippen molar-refractivity contribution in [2.75, 3.05) is 18.9 Å². The number of benzene rings is 2. The lowest BCUT2D eigenvalue weighted by molar-refractivity contribution is 0.0843. The van der Waals surface area contributed by atoms with Crippen LogP contribution in [-0.4, -0.2) is 29.0 Å². The molecule has 0 atom stereocenters. The molecule has 0 unspecified atom stereocenters. The van der Waals surface area contributed by atoms with Gasteiger partial charge in [-0.25, -0.2) is 4.39 Å². The molecule has 2 aromatic carbocycles. The van der Waals surface area contributed by atoms with Gasteiger partial charge in [0.1, 0.15) is 5.82 Å². The van der Waals surface area contributed by atoms with E-state index in [1.165, 1.54) is 24.4 Å². The lowest BCUT2D eigenvalue weighted by Gasteiger charge is -2.25. The Labute approximate surface area is 184 Å². The zero-order chi connectivity index (χ0) is 22.2. The number of halogens is 1. The summed E-state index contributed by atoms with van der Waals surface area (Å²) in [5.41, 5.74) is 11.9. The molecule has 0 aliphatic carbocycles. The lowest BCUT2D eigenvalue weighted by atomic mass is 9.90. The van der Waals surface area contributed by atoms with Crippen molar-refractivity contribution in [1.29, 1.82) is 5.41 Å². The van der Waals surface area contributed by atoms with Crippen molar-refractivity contribution in [1.82, 2.24) is 9.55 Å². The van der Waals surface area contributed by atoms with Gasteiger partial charge in [0, 0.05) is 76.8 Å². The summed E-state index contributed by atoms with van der Waals surface area (Å²) >= 11 is 0. The number of hydrogen-bond acceptors (Lipinski definition) is 4. The lowest BCUT2D eigenvalue weighted by Crippen LogP contribution is -2.17. The first-order valence-electron chi connectivity index (χ1n) is 10.6. The zero-order valence-electron chi connectivity index (χ0n) is 17.4. The number of nitrogens with zero attached hydrogens (tertiary/aromatic N) is 1. The maximum atomic E-state index is 13.7. The van der Waals surface area contributed by atoms with E-state index in [4.69, 9.17) is 15.9 Å². The van der Waals surface area contributed by atoms with Crippen LogP contribution in [0, 0.1) is 11.2 Å². The highest BCUT2D eigenvalue weighted by molar-refractivity contribution is 6.04. The Bertz CT molecular complexity index is 1350. The Balaban J connectivity index is 1.92. The minimum atomic E-state index is -0.303. The highest BCUT2D eigenvalue weighted by Crippen LogP contribution is 2.44. The third-order valence-electron chi connectivity index (χ3n) is 6.13. The fourth-order valence-corrected chi connectivity index (χ4v) is 4.61. The number of hydrogen-bond donors (Lipinski definition) is 3. The molecule has 0 radical (unpaired) electrons. The Morgan fingerprint density at radius 1 is 1.12 bits per heavy atom. The second-order valence-electron chi connectivity index (χ2n) is 8.04. The topological polar surface area (TPSA) is 96.9 Å². The number of aromatic nitrogens is 2. The molecule has 2 aromatic heterocycles. The van der Waals surface area contributed by atoms with Gasteiger partial charge in [-0.1, -0.05) is 0 Å². The normalized spacial score (nSPS) is 14.7. The van der Waals surface area contributed by atoms with Gasteiger partial charge in [0.05, 0.1) is 5.52 Å². The van der Waals surface area contributed by atoms with Gasteiger partial charge in [-0.15, -0.1) is 0 Å². The Hall–Kier alpha value is -3.71. The predicted molar refractivity (Wildman–Crippen MR) is 124 cm³/mol. The van der Waals surface area contributed by atoms with Crippen LogP contribution in [0.4, 0.5) is 10.1 Å². The summed E-state index contributed by atoms with van der Waals surface area (Å²) in [4.78, 5) is 14.5. The van der Waals surface area contributed by atoms with E-state index in [0.29, 0.717) is 24.5 Å². The monoisotopic (exact) mass is 430 g/mol. The highest BCUT2D eigenvalue weighted by Gasteiger charge is 2.28. The fourth-order valence-electron chi connectivity index (χ4n) is 4.61. The summed E-state index contributed by atoms with van der Waals surface area (Å²) in [5.74, 6) is -0.101. The van der Waals surface area contributed by atoms with E-state index in [2.05, 4.69) is 9.55 Å². The SMILES string of the molecule is N=Cc1cc2c(cc1N)c(-c1ccc(=O)[nH]c1)c(C1CCOCC1)n2-c1ccc(F)cc1. The maximum Gasteiger partial charge on any atom is 0.247 e. The summed E-state index contributed by atoms with van der Waals surface area (Å²) in [5, 5.41) is 8.71. The number of aromatic amines is 1. The van der Waals surface area contributed by atoms with E-state index in [-0.39, 0.29) is 17.3 Å². The number of nitrogens with one attached hydrogen (secondary N) is 2. The number of nitrogen functional groups attached to an aromatic ring is 1. The number of anilines is 1. The molecule has 0 amide bonds. The van der Waals surface area contributed by atoms with Crippen molar-refractivity contribution >= 4 is 22.8 Å². The zero-order valence-corrected chi connectivity index (χ0v) is 17.4. The van der Waals surface area contributed by atoms with Gasteiger partial charge in [0.25, 0.3) is 0 Å². The molecule has 32 heavy (non-hydrogen) atoms. The molecule has 6 nitrogen and oxygen atoms in total. The van der Waals surface area contributed by atoms with Gasteiger partial charge in [-0.2, -0.15) is 0 Å². The molecule has 1 aliphatic rings. The second-order valence-corrected chi connectivity index (χ2v) is 8.04. The predicted octanol–water partition coefficient (Wildman–Crippen LogP) is 4.60. The van der Waals surface area contributed by atoms with Gasteiger partial charge < -0.3 is 25.4 Å². The van der Waals surface area contributed by atoms with Crippen LogP contribution in [0.1, 0.15) is 30.0 Å². The first-order valence-corrected chi connectivity index (χ1v) is 10.6. The number of fused-ring (bicyclic) bond motifs is 1. The molecular formula is C25H23FN4O2. The van der Waals surface area contributed by atoms with Crippen LogP contribution < -0.4 is 11.3 Å². The van der Waals surface area contributed by atoms with Crippen molar-refractivity contribution in [3.05, 3.63) is 82.2 Å². The molecule has 4 N–H and O–H groups in total. The van der Waals surface area contributed by atoms with E-state index in [1.807, 2.05) is 18.2 Å². The molecule has 1 saturated heterocycles. The molecular weight excluding hydrogens is 407 g/mol.